The number of rotatable bonds is 1. The van der Waals surface area contributed by atoms with Gasteiger partial charge in [-0.3, -0.25) is 9.59 Å². The standard InChI is InChI=1S/C10H16N2O2/c1-9-3-11-4-10(2,8(9)14)6-12(5-9)7-13/h7,11H,3-6H2,1-2H3/t9-,10-/m1/s1. The van der Waals surface area contributed by atoms with Gasteiger partial charge in [0.1, 0.15) is 0 Å². The molecule has 2 rings (SSSR count). The van der Waals surface area contributed by atoms with E-state index in [4.69, 9.17) is 0 Å². The number of piperidine rings is 2. The Morgan fingerprint density at radius 2 is 1.79 bits per heavy atom. The maximum atomic E-state index is 12.1. The third kappa shape index (κ3) is 1.17. The molecule has 2 aliphatic heterocycles. The molecular formula is C10H16N2O2. The Balaban J connectivity index is 2.34. The van der Waals surface area contributed by atoms with Gasteiger partial charge in [0, 0.05) is 26.2 Å². The summed E-state index contributed by atoms with van der Waals surface area (Å²) in [4.78, 5) is 24.6. The molecule has 2 atom stereocenters. The highest BCUT2D eigenvalue weighted by Crippen LogP contribution is 2.38. The molecule has 78 valence electrons. The highest BCUT2D eigenvalue weighted by molar-refractivity contribution is 5.92. The zero-order chi connectivity index (χ0) is 10.4. The predicted octanol–water partition coefficient (Wildman–Crippen LogP) is -0.357. The summed E-state index contributed by atoms with van der Waals surface area (Å²) in [6, 6.07) is 0. The fourth-order valence-electron chi connectivity index (χ4n) is 2.79. The number of hydrogen-bond acceptors (Lipinski definition) is 3. The number of nitrogens with zero attached hydrogens (tertiary/aromatic N) is 1. The molecule has 2 heterocycles. The van der Waals surface area contributed by atoms with Gasteiger partial charge in [-0.1, -0.05) is 0 Å². The fourth-order valence-corrected chi connectivity index (χ4v) is 2.79. The van der Waals surface area contributed by atoms with E-state index in [2.05, 4.69) is 5.32 Å². The molecule has 0 unspecified atom stereocenters. The number of fused-ring (bicyclic) bond motifs is 2. The molecule has 2 aliphatic rings. The Morgan fingerprint density at radius 1 is 1.29 bits per heavy atom. The molecule has 2 bridgehead atoms. The third-order valence-electron chi connectivity index (χ3n) is 3.38. The van der Waals surface area contributed by atoms with Crippen LogP contribution in [-0.2, 0) is 9.59 Å². The van der Waals surface area contributed by atoms with E-state index >= 15 is 0 Å². The molecule has 0 aromatic carbocycles. The van der Waals surface area contributed by atoms with Crippen LogP contribution >= 0.6 is 0 Å². The van der Waals surface area contributed by atoms with Gasteiger partial charge in [-0.05, 0) is 13.8 Å². The van der Waals surface area contributed by atoms with E-state index in [0.29, 0.717) is 32.0 Å². The SMILES string of the molecule is C[C@@]12CNC[C@](C)(CN(C=O)C1)C2=O. The van der Waals surface area contributed by atoms with Crippen LogP contribution in [0.2, 0.25) is 0 Å². The Hall–Kier alpha value is -0.900. The minimum absolute atomic E-state index is 0.307. The summed E-state index contributed by atoms with van der Waals surface area (Å²) >= 11 is 0. The van der Waals surface area contributed by atoms with Crippen LogP contribution in [0.15, 0.2) is 0 Å². The van der Waals surface area contributed by atoms with Crippen molar-refractivity contribution in [2.45, 2.75) is 13.8 Å². The minimum Gasteiger partial charge on any atom is -0.343 e. The zero-order valence-corrected chi connectivity index (χ0v) is 8.67. The zero-order valence-electron chi connectivity index (χ0n) is 8.67. The molecule has 14 heavy (non-hydrogen) atoms. The van der Waals surface area contributed by atoms with Crippen molar-refractivity contribution < 1.29 is 9.59 Å². The maximum absolute atomic E-state index is 12.1. The number of amides is 1. The van der Waals surface area contributed by atoms with E-state index < -0.39 is 0 Å². The Morgan fingerprint density at radius 3 is 2.21 bits per heavy atom. The maximum Gasteiger partial charge on any atom is 0.209 e. The minimum atomic E-state index is -0.383. The van der Waals surface area contributed by atoms with Crippen LogP contribution in [0.25, 0.3) is 0 Å². The van der Waals surface area contributed by atoms with Gasteiger partial charge < -0.3 is 10.2 Å². The van der Waals surface area contributed by atoms with E-state index in [0.717, 1.165) is 6.41 Å². The summed E-state index contributed by atoms with van der Waals surface area (Å²) < 4.78 is 0. The molecular weight excluding hydrogens is 180 g/mol. The van der Waals surface area contributed by atoms with Crippen molar-refractivity contribution in [1.29, 1.82) is 0 Å². The van der Waals surface area contributed by atoms with E-state index in [-0.39, 0.29) is 10.8 Å². The van der Waals surface area contributed by atoms with Gasteiger partial charge in [-0.15, -0.1) is 0 Å². The molecule has 0 spiro atoms. The van der Waals surface area contributed by atoms with Crippen LogP contribution < -0.4 is 5.32 Å². The third-order valence-corrected chi connectivity index (χ3v) is 3.38. The molecule has 0 aromatic rings. The van der Waals surface area contributed by atoms with E-state index in [1.807, 2.05) is 13.8 Å². The quantitative estimate of drug-likeness (QED) is 0.583. The topological polar surface area (TPSA) is 49.4 Å². The highest BCUT2D eigenvalue weighted by Gasteiger charge is 2.53. The van der Waals surface area contributed by atoms with Crippen LogP contribution in [0.3, 0.4) is 0 Å². The van der Waals surface area contributed by atoms with Crippen molar-refractivity contribution in [3.05, 3.63) is 0 Å². The molecule has 0 radical (unpaired) electrons. The van der Waals surface area contributed by atoms with E-state index in [1.165, 1.54) is 0 Å². The summed E-state index contributed by atoms with van der Waals surface area (Å²) in [6.45, 7) is 6.36. The lowest BCUT2D eigenvalue weighted by molar-refractivity contribution is -0.151. The van der Waals surface area contributed by atoms with Crippen LogP contribution in [-0.4, -0.2) is 43.3 Å². The molecule has 2 fully saturated rings. The predicted molar refractivity (Wildman–Crippen MR) is 51.7 cm³/mol. The summed E-state index contributed by atoms with van der Waals surface area (Å²) in [5.41, 5.74) is -0.766. The number of nitrogens with one attached hydrogen (secondary N) is 1. The Bertz CT molecular complexity index is 270. The fraction of sp³-hybridized carbons (Fsp3) is 0.800. The summed E-state index contributed by atoms with van der Waals surface area (Å²) in [7, 11) is 0. The van der Waals surface area contributed by atoms with Gasteiger partial charge in [0.05, 0.1) is 10.8 Å². The second-order valence-corrected chi connectivity index (χ2v) is 5.06. The average molecular weight is 196 g/mol. The normalized spacial score (nSPS) is 42.4. The first-order valence-electron chi connectivity index (χ1n) is 4.95. The van der Waals surface area contributed by atoms with E-state index in [1.54, 1.807) is 4.90 Å². The first-order chi connectivity index (χ1) is 6.50. The van der Waals surface area contributed by atoms with Gasteiger partial charge in [-0.2, -0.15) is 0 Å². The van der Waals surface area contributed by atoms with Gasteiger partial charge in [-0.25, -0.2) is 0 Å². The molecule has 2 saturated heterocycles. The van der Waals surface area contributed by atoms with Gasteiger partial charge in [0.15, 0.2) is 5.78 Å². The number of likely N-dealkylation sites (tertiary alicyclic amines) is 1. The molecule has 1 N–H and O–H groups in total. The van der Waals surface area contributed by atoms with Crippen molar-refractivity contribution in [3.8, 4) is 0 Å². The van der Waals surface area contributed by atoms with E-state index in [9.17, 15) is 9.59 Å². The number of Topliss-reactive ketones (excluding diaryl/α,β-unsaturated/α-hetero) is 1. The largest absolute Gasteiger partial charge is 0.343 e. The number of ketones is 1. The van der Waals surface area contributed by atoms with Crippen LogP contribution in [0, 0.1) is 10.8 Å². The monoisotopic (exact) mass is 196 g/mol. The number of hydrogen-bond donors (Lipinski definition) is 1. The molecule has 0 aliphatic carbocycles. The van der Waals surface area contributed by atoms with Crippen molar-refractivity contribution in [2.24, 2.45) is 10.8 Å². The first-order valence-corrected chi connectivity index (χ1v) is 4.95. The summed E-state index contributed by atoms with van der Waals surface area (Å²) in [6.07, 6.45) is 0.855. The molecule has 0 aromatic heterocycles. The van der Waals surface area contributed by atoms with Crippen molar-refractivity contribution in [1.82, 2.24) is 10.2 Å². The lowest BCUT2D eigenvalue weighted by Crippen LogP contribution is -2.67. The summed E-state index contributed by atoms with van der Waals surface area (Å²) in [5, 5.41) is 3.28. The highest BCUT2D eigenvalue weighted by atomic mass is 16.1. The second kappa shape index (κ2) is 2.79. The smallest absolute Gasteiger partial charge is 0.209 e. The van der Waals surface area contributed by atoms with Gasteiger partial charge >= 0.3 is 0 Å². The van der Waals surface area contributed by atoms with Crippen molar-refractivity contribution in [3.63, 3.8) is 0 Å². The van der Waals surface area contributed by atoms with Crippen LogP contribution in [0.4, 0.5) is 0 Å². The summed E-state index contributed by atoms with van der Waals surface area (Å²) in [5.74, 6) is 0.307. The molecule has 1 amide bonds. The van der Waals surface area contributed by atoms with Crippen LogP contribution in [0.1, 0.15) is 13.8 Å². The Labute approximate surface area is 83.6 Å². The Kier molecular flexibility index (Phi) is 1.93. The molecule has 4 heteroatoms. The lowest BCUT2D eigenvalue weighted by atomic mass is 9.65. The second-order valence-electron chi connectivity index (χ2n) is 5.06. The van der Waals surface area contributed by atoms with Crippen molar-refractivity contribution in [2.75, 3.05) is 26.2 Å². The van der Waals surface area contributed by atoms with Gasteiger partial charge in [0.2, 0.25) is 6.41 Å². The average Bonchev–Trinajstić information content (AvgIpc) is 2.11. The van der Waals surface area contributed by atoms with Gasteiger partial charge in [0.25, 0.3) is 0 Å². The van der Waals surface area contributed by atoms with Crippen LogP contribution in [0.5, 0.6) is 0 Å². The molecule has 0 saturated carbocycles. The molecule has 4 nitrogen and oxygen atoms in total. The van der Waals surface area contributed by atoms with Crippen molar-refractivity contribution >= 4 is 12.2 Å². The lowest BCUT2D eigenvalue weighted by Gasteiger charge is -2.51. The first kappa shape index (κ1) is 9.65. The number of carbonyl (C=O) groups excluding carboxylic acids is 2. The number of carbonyl (C=O) groups is 2.